The van der Waals surface area contributed by atoms with Gasteiger partial charge in [0.2, 0.25) is 0 Å². The molecule has 0 aliphatic carbocycles. The first-order valence-corrected chi connectivity index (χ1v) is 11.8. The van der Waals surface area contributed by atoms with Crippen LogP contribution in [0.4, 0.5) is 18.9 Å². The van der Waals surface area contributed by atoms with E-state index in [1.165, 1.54) is 5.56 Å². The Kier molecular flexibility index (Phi) is 7.79. The number of carbonyl (C=O) groups excluding carboxylic acids is 1. The van der Waals surface area contributed by atoms with Crippen molar-refractivity contribution in [3.8, 4) is 0 Å². The highest BCUT2D eigenvalue weighted by Gasteiger charge is 2.35. The number of anilines is 1. The van der Waals surface area contributed by atoms with Gasteiger partial charge in [0.15, 0.2) is 0 Å². The van der Waals surface area contributed by atoms with Crippen LogP contribution in [0, 0.1) is 0 Å². The summed E-state index contributed by atoms with van der Waals surface area (Å²) in [5.41, 5.74) is 0.910. The Bertz CT molecular complexity index is 1220. The molecule has 6 nitrogen and oxygen atoms in total. The first-order chi connectivity index (χ1) is 17.2. The summed E-state index contributed by atoms with van der Waals surface area (Å²) in [6, 6.07) is 14.6. The number of benzene rings is 2. The minimum Gasteiger partial charge on any atom is -0.481 e. The molecule has 1 aliphatic heterocycles. The molecule has 1 amide bonds. The molecule has 0 saturated carbocycles. The number of ether oxygens (including phenoxy) is 1. The first kappa shape index (κ1) is 25.5. The lowest BCUT2D eigenvalue weighted by molar-refractivity contribution is -0.137. The van der Waals surface area contributed by atoms with Crippen molar-refractivity contribution in [2.75, 3.05) is 18.5 Å². The Morgan fingerprint density at radius 2 is 1.86 bits per heavy atom. The van der Waals surface area contributed by atoms with Gasteiger partial charge in [0.25, 0.3) is 5.91 Å². The number of nitrogens with zero attached hydrogens (tertiary/aromatic N) is 1. The number of hydrogen-bond acceptors (Lipinski definition) is 3. The van der Waals surface area contributed by atoms with Crippen LogP contribution in [-0.2, 0) is 35.1 Å². The minimum atomic E-state index is -4.71. The summed E-state index contributed by atoms with van der Waals surface area (Å²) in [6.45, 7) is 1.64. The number of carboxylic acids is 1. The van der Waals surface area contributed by atoms with Crippen molar-refractivity contribution < 1.29 is 32.6 Å². The molecule has 1 saturated heterocycles. The first-order valence-electron chi connectivity index (χ1n) is 11.8. The molecular formula is C27H27F3N2O4. The third-order valence-electron chi connectivity index (χ3n) is 6.27. The number of rotatable bonds is 9. The predicted molar refractivity (Wildman–Crippen MR) is 128 cm³/mol. The molecule has 1 atom stereocenters. The number of aryl methyl sites for hydroxylation is 2. The molecule has 9 heteroatoms. The quantitative estimate of drug-likeness (QED) is 0.405. The van der Waals surface area contributed by atoms with Crippen molar-refractivity contribution in [1.29, 1.82) is 0 Å². The Labute approximate surface area is 206 Å². The molecular weight excluding hydrogens is 473 g/mol. The van der Waals surface area contributed by atoms with Crippen LogP contribution in [0.2, 0.25) is 0 Å². The van der Waals surface area contributed by atoms with Crippen molar-refractivity contribution in [3.63, 3.8) is 0 Å². The van der Waals surface area contributed by atoms with Gasteiger partial charge >= 0.3 is 12.1 Å². The van der Waals surface area contributed by atoms with Crippen molar-refractivity contribution in [2.24, 2.45) is 0 Å². The second-order valence-corrected chi connectivity index (χ2v) is 8.86. The number of aromatic nitrogens is 1. The summed E-state index contributed by atoms with van der Waals surface area (Å²) in [7, 11) is 0. The maximum atomic E-state index is 13.6. The molecule has 0 bridgehead atoms. The highest BCUT2D eigenvalue weighted by Crippen LogP contribution is 2.36. The van der Waals surface area contributed by atoms with Gasteiger partial charge in [0.05, 0.1) is 29.8 Å². The summed E-state index contributed by atoms with van der Waals surface area (Å²) in [6.07, 6.45) is -0.981. The molecule has 1 aliphatic rings. The number of carboxylic acid groups (broad SMARTS) is 1. The summed E-state index contributed by atoms with van der Waals surface area (Å²) < 4.78 is 48.4. The molecule has 2 aromatic carbocycles. The monoisotopic (exact) mass is 500 g/mol. The van der Waals surface area contributed by atoms with Crippen LogP contribution >= 0.6 is 0 Å². The van der Waals surface area contributed by atoms with Crippen molar-refractivity contribution in [3.05, 3.63) is 88.7 Å². The maximum absolute atomic E-state index is 13.6. The topological polar surface area (TPSA) is 80.6 Å². The van der Waals surface area contributed by atoms with Crippen LogP contribution in [0.15, 0.2) is 60.8 Å². The van der Waals surface area contributed by atoms with E-state index in [1.54, 1.807) is 12.3 Å². The smallest absolute Gasteiger partial charge is 0.418 e. The Morgan fingerprint density at radius 3 is 2.53 bits per heavy atom. The molecule has 1 aromatic heterocycles. The molecule has 190 valence electrons. The van der Waals surface area contributed by atoms with Gasteiger partial charge in [0.1, 0.15) is 0 Å². The number of carbonyl (C=O) groups is 2. The van der Waals surface area contributed by atoms with E-state index in [2.05, 4.69) is 17.4 Å². The second kappa shape index (κ2) is 11.0. The number of aliphatic carboxylic acids is 1. The van der Waals surface area contributed by atoms with Crippen LogP contribution in [0.5, 0.6) is 0 Å². The van der Waals surface area contributed by atoms with Crippen LogP contribution in [-0.4, -0.2) is 34.8 Å². The lowest BCUT2D eigenvalue weighted by atomic mass is 9.99. The third kappa shape index (κ3) is 6.15. The van der Waals surface area contributed by atoms with Crippen molar-refractivity contribution in [2.45, 2.75) is 44.3 Å². The van der Waals surface area contributed by atoms with Gasteiger partial charge in [0, 0.05) is 31.0 Å². The number of nitrogens with one attached hydrogen (secondary N) is 1. The van der Waals surface area contributed by atoms with E-state index in [0.717, 1.165) is 36.7 Å². The zero-order valence-corrected chi connectivity index (χ0v) is 19.6. The summed E-state index contributed by atoms with van der Waals surface area (Å²) in [5.74, 6) is -1.89. The second-order valence-electron chi connectivity index (χ2n) is 8.86. The van der Waals surface area contributed by atoms with Gasteiger partial charge in [-0.25, -0.2) is 0 Å². The molecule has 1 unspecified atom stereocenters. The molecule has 0 spiro atoms. The zero-order chi connectivity index (χ0) is 25.7. The average Bonchev–Trinajstić information content (AvgIpc) is 3.48. The number of alkyl halides is 3. The zero-order valence-electron chi connectivity index (χ0n) is 19.6. The summed E-state index contributed by atoms with van der Waals surface area (Å²) >= 11 is 0. The molecule has 0 radical (unpaired) electrons. The van der Waals surface area contributed by atoms with Crippen LogP contribution in [0.25, 0.3) is 0 Å². The predicted octanol–water partition coefficient (Wildman–Crippen LogP) is 5.52. The molecule has 1 fully saturated rings. The van der Waals surface area contributed by atoms with E-state index in [4.69, 9.17) is 9.84 Å². The van der Waals surface area contributed by atoms with Crippen LogP contribution in [0.1, 0.15) is 51.5 Å². The highest BCUT2D eigenvalue weighted by atomic mass is 19.4. The Balaban J connectivity index is 1.59. The largest absolute Gasteiger partial charge is 0.481 e. The molecule has 36 heavy (non-hydrogen) atoms. The lowest BCUT2D eigenvalue weighted by Gasteiger charge is -2.18. The van der Waals surface area contributed by atoms with Crippen molar-refractivity contribution >= 4 is 17.6 Å². The van der Waals surface area contributed by atoms with Crippen LogP contribution in [0.3, 0.4) is 0 Å². The normalized spacial score (nSPS) is 15.7. The lowest BCUT2D eigenvalue weighted by Crippen LogP contribution is -2.20. The van der Waals surface area contributed by atoms with Gasteiger partial charge in [-0.05, 0) is 48.6 Å². The standard InChI is InChI=1S/C27H27F3N2O4/c28-27(29,30)22-9-8-19(16-24(33)34)15-23(22)31-26(35)21-10-13-32(25(21)20-11-14-36-17-20)12-4-7-18-5-2-1-3-6-18/h1-3,5-6,8-10,13,15,20H,4,7,11-12,14,16-17H2,(H,31,35)(H,33,34). The Hall–Kier alpha value is -3.59. The van der Waals surface area contributed by atoms with Gasteiger partial charge < -0.3 is 19.7 Å². The minimum absolute atomic E-state index is 0.0436. The molecule has 2 heterocycles. The van der Waals surface area contributed by atoms with E-state index < -0.39 is 35.7 Å². The molecule has 2 N–H and O–H groups in total. The number of amides is 1. The fraction of sp³-hybridized carbons (Fsp3) is 0.333. The van der Waals surface area contributed by atoms with Gasteiger partial charge in [-0.3, -0.25) is 9.59 Å². The molecule has 4 rings (SSSR count). The fourth-order valence-electron chi connectivity index (χ4n) is 4.59. The van der Waals surface area contributed by atoms with Gasteiger partial charge in [-0.2, -0.15) is 13.2 Å². The van der Waals surface area contributed by atoms with E-state index in [0.29, 0.717) is 31.7 Å². The summed E-state index contributed by atoms with van der Waals surface area (Å²) in [4.78, 5) is 24.3. The fourth-order valence-corrected chi connectivity index (χ4v) is 4.59. The number of halogens is 3. The van der Waals surface area contributed by atoms with Crippen molar-refractivity contribution in [1.82, 2.24) is 4.57 Å². The van der Waals surface area contributed by atoms with Crippen LogP contribution < -0.4 is 5.32 Å². The summed E-state index contributed by atoms with van der Waals surface area (Å²) in [5, 5.41) is 11.4. The Morgan fingerprint density at radius 1 is 1.08 bits per heavy atom. The van der Waals surface area contributed by atoms with E-state index in [1.807, 2.05) is 22.8 Å². The highest BCUT2D eigenvalue weighted by molar-refractivity contribution is 6.05. The van der Waals surface area contributed by atoms with E-state index >= 15 is 0 Å². The number of hydrogen-bond donors (Lipinski definition) is 2. The maximum Gasteiger partial charge on any atom is 0.418 e. The SMILES string of the molecule is O=C(O)Cc1ccc(C(F)(F)F)c(NC(=O)c2ccn(CCCc3ccccc3)c2C2CCOC2)c1. The van der Waals surface area contributed by atoms with Gasteiger partial charge in [-0.1, -0.05) is 36.4 Å². The van der Waals surface area contributed by atoms with E-state index in [9.17, 15) is 22.8 Å². The molecule has 3 aromatic rings. The third-order valence-corrected chi connectivity index (χ3v) is 6.27. The average molecular weight is 501 g/mol. The van der Waals surface area contributed by atoms with Gasteiger partial charge in [-0.15, -0.1) is 0 Å². The van der Waals surface area contributed by atoms with E-state index in [-0.39, 0.29) is 11.5 Å².